The summed E-state index contributed by atoms with van der Waals surface area (Å²) in [6.07, 6.45) is 5.43. The second-order valence-corrected chi connectivity index (χ2v) is 36.9. The summed E-state index contributed by atoms with van der Waals surface area (Å²) in [5.41, 5.74) is 11.6. The molecule has 1 aliphatic carbocycles. The number of fused-ring (bicyclic) bond motifs is 2. The van der Waals surface area contributed by atoms with Gasteiger partial charge in [0, 0.05) is 12.7 Å². The Kier molecular flexibility index (Phi) is 3.91. The Bertz CT molecular complexity index is 1020. The van der Waals surface area contributed by atoms with Gasteiger partial charge in [0.25, 0.3) is 0 Å². The van der Waals surface area contributed by atoms with Gasteiger partial charge in [-0.1, -0.05) is 86.1 Å². The molecule has 2 nitrogen and oxygen atoms in total. The summed E-state index contributed by atoms with van der Waals surface area (Å²) in [6.45, 7) is 15.4. The molecule has 1 aliphatic heterocycles. The van der Waals surface area contributed by atoms with Crippen molar-refractivity contribution in [2.24, 2.45) is 5.73 Å². The molecule has 0 bridgehead atoms. The van der Waals surface area contributed by atoms with E-state index >= 15 is 0 Å². The molecular weight excluding hydrogens is 379 g/mol. The van der Waals surface area contributed by atoms with Crippen LogP contribution in [0, 0.1) is 0 Å². The van der Waals surface area contributed by atoms with Crippen molar-refractivity contribution in [2.45, 2.75) is 45.7 Å². The second-order valence-electron chi connectivity index (χ2n) is 9.63. The highest BCUT2D eigenvalue weighted by Crippen LogP contribution is 2.40. The van der Waals surface area contributed by atoms with Crippen LogP contribution >= 0.6 is 0 Å². The Hall–Kier alpha value is -1.70. The largest absolute Gasteiger partial charge is 0.366 e. The summed E-state index contributed by atoms with van der Waals surface area (Å²) in [7, 11) is -4.67. The average Bonchev–Trinajstić information content (AvgIpc) is 3.11. The third-order valence-electron chi connectivity index (χ3n) is 7.98. The Labute approximate surface area is 165 Å². The fourth-order valence-corrected chi connectivity index (χ4v) is 40.0. The summed E-state index contributed by atoms with van der Waals surface area (Å²) in [4.78, 5) is 12.5. The van der Waals surface area contributed by atoms with Gasteiger partial charge in [-0.3, -0.25) is 4.79 Å². The van der Waals surface area contributed by atoms with Gasteiger partial charge in [0.05, 0.1) is 15.2 Å². The van der Waals surface area contributed by atoms with Crippen molar-refractivity contribution in [1.29, 1.82) is 0 Å². The van der Waals surface area contributed by atoms with E-state index in [0.29, 0.717) is 5.56 Å². The standard InChI is InChI=1S/C22H29NOSi3/c1-25(2)19-14-13-18(22(23)24)20(21(19)26(3,4)27(25,5)6)17-12-8-10-15-9-7-11-16(15)17/h7-8,10-14H,9H2,1-6H3,(H2,23,24). The highest BCUT2D eigenvalue weighted by atomic mass is 29.6. The molecule has 0 atom stereocenters. The molecule has 140 valence electrons. The Balaban J connectivity index is 2.17. The van der Waals surface area contributed by atoms with Crippen LogP contribution in [0.4, 0.5) is 0 Å². The van der Waals surface area contributed by atoms with Crippen molar-refractivity contribution in [2.75, 3.05) is 0 Å². The lowest BCUT2D eigenvalue weighted by atomic mass is 9.93. The number of rotatable bonds is 2. The van der Waals surface area contributed by atoms with Crippen LogP contribution in [0.2, 0.25) is 39.3 Å². The number of hydrogen-bond acceptors (Lipinski definition) is 1. The lowest BCUT2D eigenvalue weighted by Crippen LogP contribution is -2.68. The summed E-state index contributed by atoms with van der Waals surface area (Å²) in [5.74, 6) is -0.303. The van der Waals surface area contributed by atoms with E-state index in [4.69, 9.17) is 5.73 Å². The molecule has 1 heterocycles. The predicted octanol–water partition coefficient (Wildman–Crippen LogP) is 3.73. The second kappa shape index (κ2) is 5.66. The van der Waals surface area contributed by atoms with Crippen LogP contribution < -0.4 is 16.1 Å². The monoisotopic (exact) mass is 407 g/mol. The van der Waals surface area contributed by atoms with Crippen LogP contribution in [-0.4, -0.2) is 28.2 Å². The van der Waals surface area contributed by atoms with Crippen LogP contribution in [0.25, 0.3) is 17.2 Å². The van der Waals surface area contributed by atoms with E-state index in [0.717, 1.165) is 6.42 Å². The maximum absolute atomic E-state index is 12.5. The van der Waals surface area contributed by atoms with Gasteiger partial charge in [-0.15, -0.1) is 0 Å². The number of primary amides is 1. The van der Waals surface area contributed by atoms with Gasteiger partial charge in [-0.05, 0) is 34.7 Å². The van der Waals surface area contributed by atoms with Crippen molar-refractivity contribution in [1.82, 2.24) is 0 Å². The summed E-state index contributed by atoms with van der Waals surface area (Å²) < 4.78 is 0. The van der Waals surface area contributed by atoms with Gasteiger partial charge in [0.2, 0.25) is 5.91 Å². The summed E-state index contributed by atoms with van der Waals surface area (Å²) in [5, 5.41) is 3.14. The summed E-state index contributed by atoms with van der Waals surface area (Å²) in [6, 6.07) is 10.8. The van der Waals surface area contributed by atoms with Gasteiger partial charge >= 0.3 is 0 Å². The number of hydrogen-bond donors (Lipinski definition) is 1. The van der Waals surface area contributed by atoms with Crippen LogP contribution in [0.3, 0.4) is 0 Å². The molecule has 2 N–H and O–H groups in total. The molecule has 1 amide bonds. The van der Waals surface area contributed by atoms with Crippen LogP contribution in [-0.2, 0) is 6.42 Å². The molecule has 0 radical (unpaired) electrons. The first-order valence-electron chi connectivity index (χ1n) is 9.78. The molecule has 0 spiro atoms. The zero-order chi connectivity index (χ0) is 19.8. The third kappa shape index (κ3) is 2.25. The minimum atomic E-state index is -1.69. The van der Waals surface area contributed by atoms with Crippen molar-refractivity contribution >= 4 is 44.6 Å². The summed E-state index contributed by atoms with van der Waals surface area (Å²) >= 11 is 0. The first-order chi connectivity index (χ1) is 12.5. The van der Waals surface area contributed by atoms with Crippen molar-refractivity contribution < 1.29 is 4.79 Å². The minimum Gasteiger partial charge on any atom is -0.366 e. The van der Waals surface area contributed by atoms with Gasteiger partial charge < -0.3 is 5.73 Å². The van der Waals surface area contributed by atoms with Crippen LogP contribution in [0.1, 0.15) is 21.5 Å². The SMILES string of the molecule is C[Si]1(C)c2ccc(C(N)=O)c(-c3cccc4c3C=CC4)c2[Si](C)(C)[Si]1(C)C. The highest BCUT2D eigenvalue weighted by molar-refractivity contribution is 7.76. The normalized spacial score (nSPS) is 20.4. The predicted molar refractivity (Wildman–Crippen MR) is 125 cm³/mol. The van der Waals surface area contributed by atoms with Crippen LogP contribution in [0.15, 0.2) is 36.4 Å². The molecule has 0 saturated heterocycles. The number of amides is 1. The Morgan fingerprint density at radius 1 is 0.963 bits per heavy atom. The number of nitrogens with two attached hydrogens (primary N) is 1. The van der Waals surface area contributed by atoms with E-state index in [-0.39, 0.29) is 5.91 Å². The maximum atomic E-state index is 12.5. The maximum Gasteiger partial charge on any atom is 0.249 e. The van der Waals surface area contributed by atoms with Gasteiger partial charge in [-0.25, -0.2) is 0 Å². The zero-order valence-electron chi connectivity index (χ0n) is 17.2. The Morgan fingerprint density at radius 3 is 2.33 bits per heavy atom. The first kappa shape index (κ1) is 18.7. The molecule has 2 aromatic rings. The molecule has 0 aromatic heterocycles. The van der Waals surface area contributed by atoms with E-state index in [1.54, 1.807) is 10.4 Å². The van der Waals surface area contributed by atoms with Crippen LogP contribution in [0.5, 0.6) is 0 Å². The molecule has 27 heavy (non-hydrogen) atoms. The quantitative estimate of drug-likeness (QED) is 0.757. The third-order valence-corrected chi connectivity index (χ3v) is 49.6. The molecule has 0 saturated carbocycles. The van der Waals surface area contributed by atoms with Crippen molar-refractivity contribution in [3.63, 3.8) is 0 Å². The smallest absolute Gasteiger partial charge is 0.249 e. The van der Waals surface area contributed by atoms with E-state index in [1.807, 2.05) is 6.07 Å². The fourth-order valence-electron chi connectivity index (χ4n) is 5.20. The average molecular weight is 408 g/mol. The van der Waals surface area contributed by atoms with Crippen molar-refractivity contribution in [3.8, 4) is 11.1 Å². The van der Waals surface area contributed by atoms with Gasteiger partial charge in [-0.2, -0.15) is 0 Å². The van der Waals surface area contributed by atoms with E-state index < -0.39 is 22.3 Å². The topological polar surface area (TPSA) is 43.1 Å². The number of carbonyl (C=O) groups is 1. The highest BCUT2D eigenvalue weighted by Gasteiger charge is 2.61. The van der Waals surface area contributed by atoms with Gasteiger partial charge in [0.15, 0.2) is 0 Å². The molecule has 2 aromatic carbocycles. The van der Waals surface area contributed by atoms with Crippen molar-refractivity contribution in [3.05, 3.63) is 53.1 Å². The first-order valence-corrected chi connectivity index (χ1v) is 20.8. The lowest BCUT2D eigenvalue weighted by Gasteiger charge is -2.40. The van der Waals surface area contributed by atoms with Gasteiger partial charge in [0.1, 0.15) is 0 Å². The molecule has 2 aliphatic rings. The fraction of sp³-hybridized carbons (Fsp3) is 0.318. The van der Waals surface area contributed by atoms with E-state index in [2.05, 4.69) is 75.7 Å². The number of carbonyl (C=O) groups excluding carboxylic acids is 1. The Morgan fingerprint density at radius 2 is 1.67 bits per heavy atom. The number of allylic oxidation sites excluding steroid dienone is 1. The zero-order valence-corrected chi connectivity index (χ0v) is 20.2. The lowest BCUT2D eigenvalue weighted by molar-refractivity contribution is 0.100. The number of benzene rings is 2. The molecule has 5 heteroatoms. The molecule has 0 fully saturated rings. The molecule has 0 unspecified atom stereocenters. The minimum absolute atomic E-state index is 0.303. The molecular formula is C22H29NOSi3. The van der Waals surface area contributed by atoms with E-state index in [1.165, 1.54) is 22.3 Å². The molecule has 4 rings (SSSR count). The van der Waals surface area contributed by atoms with E-state index in [9.17, 15) is 4.79 Å².